The summed E-state index contributed by atoms with van der Waals surface area (Å²) >= 11 is 0. The molecule has 2 aliphatic rings. The molecule has 0 spiro atoms. The van der Waals surface area contributed by atoms with Crippen molar-refractivity contribution >= 4 is 17.1 Å². The standard InChI is InChI=1S/C17H22N4O4/c18-9-12-7-13(19-10-14-3-1-5-24-14)8-16(17(12)21(22)23)20-11-15-4-2-6-25-15/h7-8,14-15,19-20H,1-6,10-11H2/t14-,15+/m0/s1. The van der Waals surface area contributed by atoms with E-state index in [1.807, 2.05) is 6.07 Å². The van der Waals surface area contributed by atoms with Gasteiger partial charge in [0.1, 0.15) is 17.3 Å². The molecule has 134 valence electrons. The number of benzene rings is 1. The van der Waals surface area contributed by atoms with Crippen LogP contribution in [-0.4, -0.2) is 43.4 Å². The average Bonchev–Trinajstić information content (AvgIpc) is 3.30. The van der Waals surface area contributed by atoms with Crippen molar-refractivity contribution < 1.29 is 14.4 Å². The molecule has 1 aromatic rings. The highest BCUT2D eigenvalue weighted by atomic mass is 16.6. The van der Waals surface area contributed by atoms with Crippen molar-refractivity contribution in [3.8, 4) is 6.07 Å². The number of nitro groups is 1. The number of hydrogen-bond acceptors (Lipinski definition) is 7. The summed E-state index contributed by atoms with van der Waals surface area (Å²) in [4.78, 5) is 10.9. The summed E-state index contributed by atoms with van der Waals surface area (Å²) in [5.74, 6) is 0. The minimum atomic E-state index is -0.514. The maximum absolute atomic E-state index is 11.4. The second-order valence-electron chi connectivity index (χ2n) is 6.32. The summed E-state index contributed by atoms with van der Waals surface area (Å²) in [6, 6.07) is 5.13. The lowest BCUT2D eigenvalue weighted by molar-refractivity contribution is -0.384. The van der Waals surface area contributed by atoms with Crippen LogP contribution in [0.15, 0.2) is 12.1 Å². The van der Waals surface area contributed by atoms with E-state index in [1.54, 1.807) is 6.07 Å². The van der Waals surface area contributed by atoms with Crippen LogP contribution in [-0.2, 0) is 9.47 Å². The quantitative estimate of drug-likeness (QED) is 0.577. The number of nitriles is 1. The number of hydrogen-bond donors (Lipinski definition) is 2. The zero-order chi connectivity index (χ0) is 17.6. The van der Waals surface area contributed by atoms with E-state index in [9.17, 15) is 15.4 Å². The third kappa shape index (κ3) is 4.38. The molecule has 0 aromatic heterocycles. The third-order valence-electron chi connectivity index (χ3n) is 4.51. The Hall–Kier alpha value is -2.37. The van der Waals surface area contributed by atoms with Crippen LogP contribution in [0.5, 0.6) is 0 Å². The van der Waals surface area contributed by atoms with Gasteiger partial charge in [-0.3, -0.25) is 10.1 Å². The fourth-order valence-corrected chi connectivity index (χ4v) is 3.22. The van der Waals surface area contributed by atoms with Crippen LogP contribution in [0, 0.1) is 21.4 Å². The van der Waals surface area contributed by atoms with Crippen LogP contribution >= 0.6 is 0 Å². The van der Waals surface area contributed by atoms with Crippen LogP contribution in [0.4, 0.5) is 17.1 Å². The first kappa shape index (κ1) is 17.5. The Morgan fingerprint density at radius 3 is 2.32 bits per heavy atom. The molecule has 3 rings (SSSR count). The Morgan fingerprint density at radius 1 is 1.16 bits per heavy atom. The smallest absolute Gasteiger partial charge is 0.310 e. The van der Waals surface area contributed by atoms with Gasteiger partial charge in [0.05, 0.1) is 17.1 Å². The molecule has 0 aliphatic carbocycles. The lowest BCUT2D eigenvalue weighted by Gasteiger charge is -2.16. The number of nitrogens with zero attached hydrogens (tertiary/aromatic N) is 2. The SMILES string of the molecule is N#Cc1cc(NC[C@@H]2CCCO2)cc(NC[C@H]2CCCO2)c1[N+](=O)[O-]. The second-order valence-corrected chi connectivity index (χ2v) is 6.32. The van der Waals surface area contributed by atoms with E-state index in [-0.39, 0.29) is 23.5 Å². The summed E-state index contributed by atoms with van der Waals surface area (Å²) in [7, 11) is 0. The highest BCUT2D eigenvalue weighted by molar-refractivity contribution is 5.74. The Labute approximate surface area is 146 Å². The predicted octanol–water partition coefficient (Wildman–Crippen LogP) is 2.65. The largest absolute Gasteiger partial charge is 0.382 e. The number of nitro benzene ring substituents is 1. The summed E-state index contributed by atoms with van der Waals surface area (Å²) in [5.41, 5.74) is 0.863. The van der Waals surface area contributed by atoms with Crippen molar-refractivity contribution in [2.45, 2.75) is 37.9 Å². The Balaban J connectivity index is 1.77. The molecule has 2 N–H and O–H groups in total. The first-order chi connectivity index (χ1) is 12.2. The molecular formula is C17H22N4O4. The summed E-state index contributed by atoms with van der Waals surface area (Å²) < 4.78 is 11.1. The van der Waals surface area contributed by atoms with E-state index in [4.69, 9.17) is 9.47 Å². The van der Waals surface area contributed by atoms with Gasteiger partial charge in [0.15, 0.2) is 0 Å². The molecule has 2 aliphatic heterocycles. The normalized spacial score (nSPS) is 22.5. The van der Waals surface area contributed by atoms with E-state index in [0.717, 1.165) is 38.9 Å². The number of anilines is 2. The van der Waals surface area contributed by atoms with Crippen molar-refractivity contribution in [1.82, 2.24) is 0 Å². The average molecular weight is 346 g/mol. The Kier molecular flexibility index (Phi) is 5.68. The van der Waals surface area contributed by atoms with Crippen LogP contribution < -0.4 is 10.6 Å². The Morgan fingerprint density at radius 2 is 1.80 bits per heavy atom. The minimum Gasteiger partial charge on any atom is -0.382 e. The molecular weight excluding hydrogens is 324 g/mol. The number of nitrogens with one attached hydrogen (secondary N) is 2. The van der Waals surface area contributed by atoms with Gasteiger partial charge < -0.3 is 20.1 Å². The first-order valence-corrected chi connectivity index (χ1v) is 8.61. The number of ether oxygens (including phenoxy) is 2. The first-order valence-electron chi connectivity index (χ1n) is 8.61. The summed E-state index contributed by atoms with van der Waals surface area (Å²) in [6.45, 7) is 2.60. The van der Waals surface area contributed by atoms with Crippen molar-refractivity contribution in [3.05, 3.63) is 27.8 Å². The fourth-order valence-electron chi connectivity index (χ4n) is 3.22. The van der Waals surface area contributed by atoms with E-state index >= 15 is 0 Å². The molecule has 1 aromatic carbocycles. The van der Waals surface area contributed by atoms with E-state index < -0.39 is 4.92 Å². The second kappa shape index (κ2) is 8.14. The van der Waals surface area contributed by atoms with Gasteiger partial charge in [-0.25, -0.2) is 0 Å². The minimum absolute atomic E-state index is 0.0391. The van der Waals surface area contributed by atoms with Gasteiger partial charge in [-0.1, -0.05) is 0 Å². The number of rotatable bonds is 7. The molecule has 2 heterocycles. The molecule has 2 fully saturated rings. The van der Waals surface area contributed by atoms with Gasteiger partial charge in [-0.15, -0.1) is 0 Å². The summed E-state index contributed by atoms with van der Waals surface area (Å²) in [5, 5.41) is 27.1. The maximum Gasteiger partial charge on any atom is 0.310 e. The zero-order valence-corrected chi connectivity index (χ0v) is 14.0. The maximum atomic E-state index is 11.4. The van der Waals surface area contributed by atoms with E-state index in [2.05, 4.69) is 10.6 Å². The van der Waals surface area contributed by atoms with Gasteiger partial charge in [-0.2, -0.15) is 5.26 Å². The molecule has 0 unspecified atom stereocenters. The molecule has 0 saturated carbocycles. The molecule has 0 radical (unpaired) electrons. The van der Waals surface area contributed by atoms with Crippen LogP contribution in [0.2, 0.25) is 0 Å². The highest BCUT2D eigenvalue weighted by Gasteiger charge is 2.24. The molecule has 8 nitrogen and oxygen atoms in total. The summed E-state index contributed by atoms with van der Waals surface area (Å²) in [6.07, 6.45) is 4.17. The highest BCUT2D eigenvalue weighted by Crippen LogP contribution is 2.32. The topological polar surface area (TPSA) is 109 Å². The van der Waals surface area contributed by atoms with Crippen LogP contribution in [0.25, 0.3) is 0 Å². The van der Waals surface area contributed by atoms with Crippen molar-refractivity contribution in [2.75, 3.05) is 36.9 Å². The van der Waals surface area contributed by atoms with Crippen molar-refractivity contribution in [3.63, 3.8) is 0 Å². The fraction of sp³-hybridized carbons (Fsp3) is 0.588. The zero-order valence-electron chi connectivity index (χ0n) is 14.0. The lowest BCUT2D eigenvalue weighted by Crippen LogP contribution is -2.20. The van der Waals surface area contributed by atoms with E-state index in [1.165, 1.54) is 6.07 Å². The van der Waals surface area contributed by atoms with Gasteiger partial charge in [0.2, 0.25) is 0 Å². The monoisotopic (exact) mass is 346 g/mol. The molecule has 0 bridgehead atoms. The molecule has 2 saturated heterocycles. The van der Waals surface area contributed by atoms with Crippen molar-refractivity contribution in [1.29, 1.82) is 5.26 Å². The van der Waals surface area contributed by atoms with Crippen molar-refractivity contribution in [2.24, 2.45) is 0 Å². The van der Waals surface area contributed by atoms with Gasteiger partial charge in [0, 0.05) is 32.0 Å². The van der Waals surface area contributed by atoms with Crippen LogP contribution in [0.1, 0.15) is 31.2 Å². The van der Waals surface area contributed by atoms with Gasteiger partial charge >= 0.3 is 5.69 Å². The van der Waals surface area contributed by atoms with Gasteiger partial charge in [-0.05, 0) is 37.8 Å². The lowest BCUT2D eigenvalue weighted by atomic mass is 10.1. The van der Waals surface area contributed by atoms with Crippen LogP contribution in [0.3, 0.4) is 0 Å². The molecule has 2 atom stereocenters. The molecule has 25 heavy (non-hydrogen) atoms. The predicted molar refractivity (Wildman–Crippen MR) is 92.7 cm³/mol. The molecule has 8 heteroatoms. The van der Waals surface area contributed by atoms with E-state index in [0.29, 0.717) is 24.5 Å². The molecule has 0 amide bonds. The van der Waals surface area contributed by atoms with Gasteiger partial charge in [0.25, 0.3) is 0 Å². The third-order valence-corrected chi connectivity index (χ3v) is 4.51. The Bertz CT molecular complexity index is 661.